The third-order valence-corrected chi connectivity index (χ3v) is 6.85. The average Bonchev–Trinajstić information content (AvgIpc) is 3.05. The molecule has 2 aromatic carbocycles. The molecule has 0 unspecified atom stereocenters. The molecule has 1 saturated heterocycles. The van der Waals surface area contributed by atoms with E-state index in [2.05, 4.69) is 32.9 Å². The molecular weight excluding hydrogens is 330 g/mol. The van der Waals surface area contributed by atoms with E-state index in [-0.39, 0.29) is 6.04 Å². The van der Waals surface area contributed by atoms with Gasteiger partial charge in [-0.2, -0.15) is 4.31 Å². The smallest absolute Gasteiger partial charge is 0.207 e. The van der Waals surface area contributed by atoms with Crippen molar-refractivity contribution in [1.29, 1.82) is 0 Å². The van der Waals surface area contributed by atoms with E-state index in [0.717, 1.165) is 30.4 Å². The minimum Gasteiger partial charge on any atom is -0.207 e. The van der Waals surface area contributed by atoms with Gasteiger partial charge in [0.2, 0.25) is 10.0 Å². The van der Waals surface area contributed by atoms with Crippen LogP contribution in [0.3, 0.4) is 0 Å². The molecule has 0 amide bonds. The summed E-state index contributed by atoms with van der Waals surface area (Å²) in [6.45, 7) is 6.98. The van der Waals surface area contributed by atoms with Crippen molar-refractivity contribution in [2.75, 3.05) is 6.54 Å². The van der Waals surface area contributed by atoms with Gasteiger partial charge in [0.1, 0.15) is 0 Å². The Hall–Kier alpha value is -1.65. The lowest BCUT2D eigenvalue weighted by atomic mass is 10.0. The van der Waals surface area contributed by atoms with E-state index in [1.165, 1.54) is 5.56 Å². The molecule has 3 rings (SSSR count). The second-order valence-corrected chi connectivity index (χ2v) is 9.26. The Morgan fingerprint density at radius 1 is 1.08 bits per heavy atom. The highest BCUT2D eigenvalue weighted by atomic mass is 32.2. The van der Waals surface area contributed by atoms with E-state index >= 15 is 0 Å². The van der Waals surface area contributed by atoms with Crippen LogP contribution in [0, 0.1) is 12.8 Å². The Morgan fingerprint density at radius 2 is 1.76 bits per heavy atom. The molecule has 1 atom stereocenters. The van der Waals surface area contributed by atoms with Crippen molar-refractivity contribution in [3.05, 3.63) is 65.2 Å². The van der Waals surface area contributed by atoms with Crippen LogP contribution in [-0.2, 0) is 16.4 Å². The van der Waals surface area contributed by atoms with Crippen molar-refractivity contribution >= 4 is 10.0 Å². The number of sulfonamides is 1. The molecule has 1 fully saturated rings. The number of aryl methyl sites for hydroxylation is 1. The predicted molar refractivity (Wildman–Crippen MR) is 102 cm³/mol. The van der Waals surface area contributed by atoms with Crippen LogP contribution in [0.4, 0.5) is 0 Å². The first-order valence-electron chi connectivity index (χ1n) is 9.06. The molecule has 0 spiro atoms. The number of hydrogen-bond acceptors (Lipinski definition) is 2. The first-order valence-corrected chi connectivity index (χ1v) is 10.5. The Morgan fingerprint density at radius 3 is 2.40 bits per heavy atom. The van der Waals surface area contributed by atoms with Gasteiger partial charge in [0.05, 0.1) is 10.9 Å². The Bertz CT molecular complexity index is 825. The maximum atomic E-state index is 13.2. The molecule has 1 aliphatic heterocycles. The maximum Gasteiger partial charge on any atom is 0.243 e. The van der Waals surface area contributed by atoms with Crippen LogP contribution < -0.4 is 0 Å². The maximum absolute atomic E-state index is 13.2. The highest BCUT2D eigenvalue weighted by molar-refractivity contribution is 7.89. The summed E-state index contributed by atoms with van der Waals surface area (Å²) in [5.41, 5.74) is 3.47. The van der Waals surface area contributed by atoms with Crippen LogP contribution in [0.25, 0.3) is 0 Å². The van der Waals surface area contributed by atoms with Gasteiger partial charge in [-0.1, -0.05) is 50.2 Å². The van der Waals surface area contributed by atoms with Crippen molar-refractivity contribution in [3.63, 3.8) is 0 Å². The molecule has 0 radical (unpaired) electrons. The molecule has 25 heavy (non-hydrogen) atoms. The molecule has 0 saturated carbocycles. The van der Waals surface area contributed by atoms with Gasteiger partial charge < -0.3 is 0 Å². The number of hydrogen-bond donors (Lipinski definition) is 0. The fourth-order valence-corrected chi connectivity index (χ4v) is 5.38. The van der Waals surface area contributed by atoms with E-state index in [1.807, 2.05) is 24.3 Å². The first-order chi connectivity index (χ1) is 11.9. The van der Waals surface area contributed by atoms with Gasteiger partial charge in [-0.05, 0) is 60.9 Å². The molecule has 3 nitrogen and oxygen atoms in total. The highest BCUT2D eigenvalue weighted by Crippen LogP contribution is 2.37. The Labute approximate surface area is 151 Å². The van der Waals surface area contributed by atoms with Crippen molar-refractivity contribution in [2.45, 2.75) is 51.0 Å². The SMILES string of the molecule is Cc1ccccc1[C@@H]1CCCN1S(=O)(=O)c1ccc(CC(C)C)cc1. The van der Waals surface area contributed by atoms with Gasteiger partial charge in [0, 0.05) is 6.54 Å². The zero-order chi connectivity index (χ0) is 18.0. The van der Waals surface area contributed by atoms with Gasteiger partial charge in [0.25, 0.3) is 0 Å². The number of nitrogens with zero attached hydrogens (tertiary/aromatic N) is 1. The molecule has 134 valence electrons. The van der Waals surface area contributed by atoms with Crippen molar-refractivity contribution < 1.29 is 8.42 Å². The predicted octanol–water partition coefficient (Wildman–Crippen LogP) is 4.72. The normalized spacial score (nSPS) is 18.8. The molecular formula is C21H27NO2S. The lowest BCUT2D eigenvalue weighted by molar-refractivity contribution is 0.395. The van der Waals surface area contributed by atoms with Crippen LogP contribution in [-0.4, -0.2) is 19.3 Å². The molecule has 1 heterocycles. The van der Waals surface area contributed by atoms with Crippen LogP contribution in [0.5, 0.6) is 0 Å². The molecule has 1 aliphatic rings. The second-order valence-electron chi connectivity index (χ2n) is 7.37. The summed E-state index contributed by atoms with van der Waals surface area (Å²) >= 11 is 0. The standard InChI is InChI=1S/C21H27NO2S/c1-16(2)15-18-10-12-19(13-11-18)25(23,24)22-14-6-9-21(22)20-8-5-4-7-17(20)3/h4-5,7-8,10-13,16,21H,6,9,14-15H2,1-3H3/t21-/m0/s1. The van der Waals surface area contributed by atoms with Gasteiger partial charge in [0.15, 0.2) is 0 Å². The Kier molecular flexibility index (Phi) is 5.30. The second kappa shape index (κ2) is 7.30. The number of rotatable bonds is 5. The summed E-state index contributed by atoms with van der Waals surface area (Å²) in [6, 6.07) is 15.5. The summed E-state index contributed by atoms with van der Waals surface area (Å²) in [5.74, 6) is 0.562. The van der Waals surface area contributed by atoms with Crippen LogP contribution in [0.1, 0.15) is 49.4 Å². The van der Waals surface area contributed by atoms with E-state index in [0.29, 0.717) is 17.4 Å². The third kappa shape index (κ3) is 3.80. The molecule has 0 N–H and O–H groups in total. The zero-order valence-corrected chi connectivity index (χ0v) is 16.1. The topological polar surface area (TPSA) is 37.4 Å². The fraction of sp³-hybridized carbons (Fsp3) is 0.429. The highest BCUT2D eigenvalue weighted by Gasteiger charge is 2.36. The first kappa shape index (κ1) is 18.2. The van der Waals surface area contributed by atoms with Gasteiger partial charge in [-0.15, -0.1) is 0 Å². The lowest BCUT2D eigenvalue weighted by Crippen LogP contribution is -2.31. The summed E-state index contributed by atoms with van der Waals surface area (Å²) in [5, 5.41) is 0. The van der Waals surface area contributed by atoms with Crippen molar-refractivity contribution in [1.82, 2.24) is 4.31 Å². The van der Waals surface area contributed by atoms with Crippen molar-refractivity contribution in [3.8, 4) is 0 Å². The molecule has 4 heteroatoms. The third-order valence-electron chi connectivity index (χ3n) is 4.93. The largest absolute Gasteiger partial charge is 0.243 e. The zero-order valence-electron chi connectivity index (χ0n) is 15.3. The summed E-state index contributed by atoms with van der Waals surface area (Å²) in [7, 11) is -3.46. The van der Waals surface area contributed by atoms with Crippen LogP contribution in [0.2, 0.25) is 0 Å². The summed E-state index contributed by atoms with van der Waals surface area (Å²) in [4.78, 5) is 0.403. The Balaban J connectivity index is 1.89. The van der Waals surface area contributed by atoms with Gasteiger partial charge in [-0.25, -0.2) is 8.42 Å². The number of benzene rings is 2. The molecule has 0 aromatic heterocycles. The quantitative estimate of drug-likeness (QED) is 0.776. The summed E-state index contributed by atoms with van der Waals surface area (Å²) < 4.78 is 28.1. The molecule has 0 bridgehead atoms. The van der Waals surface area contributed by atoms with Crippen LogP contribution >= 0.6 is 0 Å². The minimum atomic E-state index is -3.46. The monoisotopic (exact) mass is 357 g/mol. The van der Waals surface area contributed by atoms with E-state index < -0.39 is 10.0 Å². The van der Waals surface area contributed by atoms with E-state index in [4.69, 9.17) is 0 Å². The average molecular weight is 358 g/mol. The van der Waals surface area contributed by atoms with Gasteiger partial charge >= 0.3 is 0 Å². The summed E-state index contributed by atoms with van der Waals surface area (Å²) in [6.07, 6.45) is 2.76. The molecule has 0 aliphatic carbocycles. The lowest BCUT2D eigenvalue weighted by Gasteiger charge is -2.25. The fourth-order valence-electron chi connectivity index (χ4n) is 3.70. The van der Waals surface area contributed by atoms with Gasteiger partial charge in [-0.3, -0.25) is 0 Å². The van der Waals surface area contributed by atoms with E-state index in [1.54, 1.807) is 16.4 Å². The molecule has 2 aromatic rings. The minimum absolute atomic E-state index is 0.0541. The van der Waals surface area contributed by atoms with Crippen LogP contribution in [0.15, 0.2) is 53.4 Å². The van der Waals surface area contributed by atoms with Crippen molar-refractivity contribution in [2.24, 2.45) is 5.92 Å². The van der Waals surface area contributed by atoms with E-state index in [9.17, 15) is 8.42 Å².